The Morgan fingerprint density at radius 3 is 2.50 bits per heavy atom. The van der Waals surface area contributed by atoms with Gasteiger partial charge in [0.15, 0.2) is 0 Å². The first-order chi connectivity index (χ1) is 10.3. The van der Waals surface area contributed by atoms with Gasteiger partial charge in [0.2, 0.25) is 5.91 Å². The van der Waals surface area contributed by atoms with Crippen LogP contribution in [0.4, 0.5) is 0 Å². The van der Waals surface area contributed by atoms with Gasteiger partial charge in [-0.25, -0.2) is 0 Å². The average Bonchev–Trinajstić information content (AvgIpc) is 2.97. The van der Waals surface area contributed by atoms with Crippen LogP contribution in [0.1, 0.15) is 50.5 Å². The Morgan fingerprint density at radius 2 is 1.91 bits per heavy atom. The Balaban J connectivity index is 2.25. The minimum Gasteiger partial charge on any atom is -0.366 e. The van der Waals surface area contributed by atoms with Crippen molar-refractivity contribution in [3.05, 3.63) is 58.4 Å². The van der Waals surface area contributed by atoms with Crippen LogP contribution in [-0.2, 0) is 0 Å². The van der Waals surface area contributed by atoms with E-state index in [-0.39, 0.29) is 11.9 Å². The minimum atomic E-state index is -0.555. The molecule has 5 nitrogen and oxygen atoms in total. The van der Waals surface area contributed by atoms with Crippen molar-refractivity contribution in [2.45, 2.75) is 26.8 Å². The highest BCUT2D eigenvalue weighted by Crippen LogP contribution is 2.24. The van der Waals surface area contributed by atoms with Gasteiger partial charge in [-0.15, -0.1) is 0 Å². The molecule has 0 aliphatic heterocycles. The molecule has 3 N–H and O–H groups in total. The molecule has 0 aliphatic rings. The molecule has 2 rings (SSSR count). The second-order valence-corrected chi connectivity index (χ2v) is 5.62. The van der Waals surface area contributed by atoms with Crippen molar-refractivity contribution in [2.75, 3.05) is 7.05 Å². The molecule has 0 fully saturated rings. The van der Waals surface area contributed by atoms with E-state index in [9.17, 15) is 9.59 Å². The van der Waals surface area contributed by atoms with Crippen molar-refractivity contribution >= 4 is 11.8 Å². The van der Waals surface area contributed by atoms with Crippen LogP contribution in [0.3, 0.4) is 0 Å². The summed E-state index contributed by atoms with van der Waals surface area (Å²) < 4.78 is 0. The smallest absolute Gasteiger partial charge is 0.270 e. The van der Waals surface area contributed by atoms with Gasteiger partial charge >= 0.3 is 0 Å². The van der Waals surface area contributed by atoms with Gasteiger partial charge in [0.1, 0.15) is 5.69 Å². The van der Waals surface area contributed by atoms with Crippen LogP contribution in [0.15, 0.2) is 30.5 Å². The zero-order valence-corrected chi connectivity index (χ0v) is 13.3. The largest absolute Gasteiger partial charge is 0.366 e. The van der Waals surface area contributed by atoms with Gasteiger partial charge in [-0.05, 0) is 38.0 Å². The maximum absolute atomic E-state index is 12.5. The van der Waals surface area contributed by atoms with Gasteiger partial charge in [0.25, 0.3) is 5.91 Å². The molecule has 1 heterocycles. The number of aryl methyl sites for hydroxylation is 2. The third-order valence-corrected chi connectivity index (χ3v) is 3.98. The van der Waals surface area contributed by atoms with E-state index in [1.165, 1.54) is 12.3 Å². The Hall–Kier alpha value is -2.56. The lowest BCUT2D eigenvalue weighted by molar-refractivity contribution is 0.0737. The Morgan fingerprint density at radius 1 is 1.23 bits per heavy atom. The molecule has 5 heteroatoms. The number of nitrogens with two attached hydrogens (primary N) is 1. The maximum atomic E-state index is 12.5. The molecule has 2 amide bonds. The van der Waals surface area contributed by atoms with Gasteiger partial charge in [-0.2, -0.15) is 0 Å². The van der Waals surface area contributed by atoms with Crippen LogP contribution in [0.25, 0.3) is 0 Å². The number of hydrogen-bond acceptors (Lipinski definition) is 2. The number of amides is 2. The van der Waals surface area contributed by atoms with E-state index >= 15 is 0 Å². The fourth-order valence-electron chi connectivity index (χ4n) is 2.44. The summed E-state index contributed by atoms with van der Waals surface area (Å²) >= 11 is 0. The number of nitrogens with zero attached hydrogens (tertiary/aromatic N) is 1. The summed E-state index contributed by atoms with van der Waals surface area (Å²) in [7, 11) is 1.75. The molecule has 0 saturated heterocycles. The number of primary amides is 1. The van der Waals surface area contributed by atoms with Crippen molar-refractivity contribution in [1.82, 2.24) is 9.88 Å². The van der Waals surface area contributed by atoms with Gasteiger partial charge in [0.05, 0.1) is 11.6 Å². The SMILES string of the molecule is Cc1ccc(C)c([C@@H](C)N(C)C(=O)c2cc(C(N)=O)c[nH]2)c1. The lowest BCUT2D eigenvalue weighted by atomic mass is 9.99. The number of rotatable bonds is 4. The van der Waals surface area contributed by atoms with Crippen molar-refractivity contribution in [3.63, 3.8) is 0 Å². The third kappa shape index (κ3) is 3.03. The van der Waals surface area contributed by atoms with E-state index in [1.54, 1.807) is 11.9 Å². The summed E-state index contributed by atoms with van der Waals surface area (Å²) in [6.07, 6.45) is 1.45. The first kappa shape index (κ1) is 15.8. The van der Waals surface area contributed by atoms with Crippen LogP contribution in [0.5, 0.6) is 0 Å². The zero-order valence-electron chi connectivity index (χ0n) is 13.3. The summed E-state index contributed by atoms with van der Waals surface area (Å²) in [4.78, 5) is 28.1. The summed E-state index contributed by atoms with van der Waals surface area (Å²) in [6, 6.07) is 7.61. The van der Waals surface area contributed by atoms with E-state index in [1.807, 2.05) is 20.8 Å². The molecule has 1 aromatic heterocycles. The van der Waals surface area contributed by atoms with Gasteiger partial charge in [-0.3, -0.25) is 9.59 Å². The molecule has 116 valence electrons. The maximum Gasteiger partial charge on any atom is 0.270 e. The van der Waals surface area contributed by atoms with E-state index in [0.717, 1.165) is 16.7 Å². The number of benzene rings is 1. The fourth-order valence-corrected chi connectivity index (χ4v) is 2.44. The molecule has 0 aliphatic carbocycles. The van der Waals surface area contributed by atoms with Crippen molar-refractivity contribution in [2.24, 2.45) is 5.73 Å². The number of carbonyl (C=O) groups is 2. The molecule has 2 aromatic rings. The van der Waals surface area contributed by atoms with E-state index in [2.05, 4.69) is 23.2 Å². The van der Waals surface area contributed by atoms with E-state index in [4.69, 9.17) is 5.73 Å². The highest BCUT2D eigenvalue weighted by Gasteiger charge is 2.22. The van der Waals surface area contributed by atoms with Gasteiger partial charge in [0, 0.05) is 13.2 Å². The van der Waals surface area contributed by atoms with Crippen LogP contribution >= 0.6 is 0 Å². The number of H-pyrrole nitrogens is 1. The lowest BCUT2D eigenvalue weighted by Crippen LogP contribution is -2.30. The topological polar surface area (TPSA) is 79.2 Å². The summed E-state index contributed by atoms with van der Waals surface area (Å²) in [6.45, 7) is 6.04. The van der Waals surface area contributed by atoms with Gasteiger partial charge in [-0.1, -0.05) is 23.8 Å². The van der Waals surface area contributed by atoms with Crippen LogP contribution in [0.2, 0.25) is 0 Å². The Bertz CT molecular complexity index is 718. The molecule has 0 radical (unpaired) electrons. The Kier molecular flexibility index (Phi) is 4.35. The van der Waals surface area contributed by atoms with Crippen LogP contribution < -0.4 is 5.73 Å². The van der Waals surface area contributed by atoms with E-state index < -0.39 is 5.91 Å². The van der Waals surface area contributed by atoms with Crippen LogP contribution in [-0.4, -0.2) is 28.7 Å². The molecule has 1 aromatic carbocycles. The highest BCUT2D eigenvalue weighted by atomic mass is 16.2. The fraction of sp³-hybridized carbons (Fsp3) is 0.294. The molecule has 22 heavy (non-hydrogen) atoms. The van der Waals surface area contributed by atoms with Crippen molar-refractivity contribution in [3.8, 4) is 0 Å². The standard InChI is InChI=1S/C17H21N3O2/c1-10-5-6-11(2)14(7-10)12(3)20(4)17(22)15-8-13(9-19-15)16(18)21/h5-9,12,19H,1-4H3,(H2,18,21)/t12-/m1/s1. The third-order valence-electron chi connectivity index (χ3n) is 3.98. The summed E-state index contributed by atoms with van der Waals surface area (Å²) in [5, 5.41) is 0. The van der Waals surface area contributed by atoms with Crippen molar-refractivity contribution < 1.29 is 9.59 Å². The molecule has 0 saturated carbocycles. The summed E-state index contributed by atoms with van der Waals surface area (Å²) in [5.41, 5.74) is 9.27. The minimum absolute atomic E-state index is 0.0762. The summed E-state index contributed by atoms with van der Waals surface area (Å²) in [5.74, 6) is -0.735. The number of carbonyl (C=O) groups excluding carboxylic acids is 2. The molecule has 1 atom stereocenters. The second kappa shape index (κ2) is 6.05. The van der Waals surface area contributed by atoms with E-state index in [0.29, 0.717) is 11.3 Å². The molecular weight excluding hydrogens is 278 g/mol. The van der Waals surface area contributed by atoms with Gasteiger partial charge < -0.3 is 15.6 Å². The zero-order chi connectivity index (χ0) is 16.4. The molecule has 0 spiro atoms. The average molecular weight is 299 g/mol. The Labute approximate surface area is 130 Å². The van der Waals surface area contributed by atoms with Crippen LogP contribution in [0, 0.1) is 13.8 Å². The first-order valence-corrected chi connectivity index (χ1v) is 7.13. The number of nitrogens with one attached hydrogen (secondary N) is 1. The number of hydrogen-bond donors (Lipinski definition) is 2. The normalized spacial score (nSPS) is 12.0. The lowest BCUT2D eigenvalue weighted by Gasteiger charge is -2.26. The number of aromatic amines is 1. The second-order valence-electron chi connectivity index (χ2n) is 5.62. The predicted molar refractivity (Wildman–Crippen MR) is 85.7 cm³/mol. The quantitative estimate of drug-likeness (QED) is 0.910. The number of aromatic nitrogens is 1. The first-order valence-electron chi connectivity index (χ1n) is 7.13. The predicted octanol–water partition coefficient (Wildman–Crippen LogP) is 2.56. The highest BCUT2D eigenvalue weighted by molar-refractivity contribution is 5.98. The van der Waals surface area contributed by atoms with Crippen molar-refractivity contribution in [1.29, 1.82) is 0 Å². The monoisotopic (exact) mass is 299 g/mol. The molecule has 0 bridgehead atoms. The molecule has 0 unspecified atom stereocenters. The molecular formula is C17H21N3O2.